The van der Waals surface area contributed by atoms with Crippen molar-refractivity contribution in [3.8, 4) is 0 Å². The van der Waals surface area contributed by atoms with Crippen molar-refractivity contribution in [3.05, 3.63) is 12.2 Å². The molecule has 0 N–H and O–H groups in total. The Bertz CT molecular complexity index is 241. The van der Waals surface area contributed by atoms with Crippen LogP contribution in [0, 0.1) is 0 Å². The van der Waals surface area contributed by atoms with Gasteiger partial charge in [0.15, 0.2) is 5.79 Å². The van der Waals surface area contributed by atoms with E-state index in [0.29, 0.717) is 19.8 Å². The molecule has 1 rings (SSSR count). The number of hydrogen-bond acceptors (Lipinski definition) is 3. The fourth-order valence-corrected chi connectivity index (χ4v) is 2.54. The quantitative estimate of drug-likeness (QED) is 0.414. The van der Waals surface area contributed by atoms with Crippen LogP contribution >= 0.6 is 0 Å². The first-order chi connectivity index (χ1) is 9.83. The first-order valence-electron chi connectivity index (χ1n) is 8.33. The largest absolute Gasteiger partial charge is 0.382 e. The second kappa shape index (κ2) is 11.3. The van der Waals surface area contributed by atoms with Crippen LogP contribution in [0.1, 0.15) is 65.2 Å². The van der Waals surface area contributed by atoms with Gasteiger partial charge >= 0.3 is 0 Å². The molecule has 118 valence electrons. The maximum Gasteiger partial charge on any atom is 0.171 e. The lowest BCUT2D eigenvalue weighted by Crippen LogP contribution is -2.37. The van der Waals surface area contributed by atoms with Gasteiger partial charge in [0.05, 0.1) is 19.8 Å². The molecule has 0 atom stereocenters. The Morgan fingerprint density at radius 3 is 2.20 bits per heavy atom. The van der Waals surface area contributed by atoms with E-state index in [1.807, 2.05) is 19.1 Å². The van der Waals surface area contributed by atoms with Gasteiger partial charge in [-0.3, -0.25) is 0 Å². The number of unbranched alkanes of at least 4 members (excludes halogenated alkanes) is 5. The average Bonchev–Trinajstić information content (AvgIpc) is 2.69. The molecule has 0 aromatic carbocycles. The van der Waals surface area contributed by atoms with Gasteiger partial charge in [0, 0.05) is 19.4 Å². The average molecular weight is 284 g/mol. The van der Waals surface area contributed by atoms with Crippen molar-refractivity contribution in [1.82, 2.24) is 0 Å². The van der Waals surface area contributed by atoms with Gasteiger partial charge in [0.25, 0.3) is 0 Å². The minimum atomic E-state index is -0.427. The van der Waals surface area contributed by atoms with Crippen LogP contribution < -0.4 is 0 Å². The van der Waals surface area contributed by atoms with E-state index in [-0.39, 0.29) is 0 Å². The third-order valence-electron chi connectivity index (χ3n) is 3.79. The van der Waals surface area contributed by atoms with Gasteiger partial charge in [-0.15, -0.1) is 0 Å². The zero-order valence-electron chi connectivity index (χ0n) is 13.4. The van der Waals surface area contributed by atoms with Gasteiger partial charge in [-0.25, -0.2) is 0 Å². The highest BCUT2D eigenvalue weighted by molar-refractivity contribution is 4.87. The topological polar surface area (TPSA) is 27.7 Å². The second-order valence-electron chi connectivity index (χ2n) is 5.47. The van der Waals surface area contributed by atoms with Crippen LogP contribution in [0.25, 0.3) is 0 Å². The summed E-state index contributed by atoms with van der Waals surface area (Å²) in [5, 5.41) is 0. The molecule has 0 unspecified atom stereocenters. The van der Waals surface area contributed by atoms with Crippen molar-refractivity contribution in [1.29, 1.82) is 0 Å². The molecule has 0 spiro atoms. The lowest BCUT2D eigenvalue weighted by atomic mass is 10.0. The van der Waals surface area contributed by atoms with Crippen LogP contribution in [-0.2, 0) is 14.2 Å². The van der Waals surface area contributed by atoms with Crippen molar-refractivity contribution >= 4 is 0 Å². The molecule has 0 bridgehead atoms. The van der Waals surface area contributed by atoms with E-state index in [4.69, 9.17) is 14.2 Å². The Balaban J connectivity index is 2.29. The van der Waals surface area contributed by atoms with Gasteiger partial charge < -0.3 is 14.2 Å². The number of rotatable bonds is 11. The molecule has 20 heavy (non-hydrogen) atoms. The predicted octanol–water partition coefficient (Wildman–Crippen LogP) is 4.46. The lowest BCUT2D eigenvalue weighted by Gasteiger charge is -2.32. The molecule has 0 saturated carbocycles. The summed E-state index contributed by atoms with van der Waals surface area (Å²) in [6.45, 7) is 7.06. The molecule has 0 saturated heterocycles. The zero-order chi connectivity index (χ0) is 14.5. The van der Waals surface area contributed by atoms with Crippen LogP contribution in [0.5, 0.6) is 0 Å². The molecule has 1 aliphatic rings. The van der Waals surface area contributed by atoms with Gasteiger partial charge in [-0.1, -0.05) is 51.2 Å². The van der Waals surface area contributed by atoms with E-state index >= 15 is 0 Å². The smallest absolute Gasteiger partial charge is 0.171 e. The highest BCUT2D eigenvalue weighted by atomic mass is 16.7. The predicted molar refractivity (Wildman–Crippen MR) is 82.9 cm³/mol. The molecule has 0 aromatic rings. The van der Waals surface area contributed by atoms with E-state index in [0.717, 1.165) is 19.4 Å². The molecule has 1 heterocycles. The van der Waals surface area contributed by atoms with E-state index in [1.165, 1.54) is 38.5 Å². The summed E-state index contributed by atoms with van der Waals surface area (Å²) in [5.41, 5.74) is 0. The third-order valence-corrected chi connectivity index (χ3v) is 3.79. The Kier molecular flexibility index (Phi) is 9.98. The summed E-state index contributed by atoms with van der Waals surface area (Å²) < 4.78 is 17.4. The Morgan fingerprint density at radius 2 is 1.55 bits per heavy atom. The molecule has 3 nitrogen and oxygen atoms in total. The third kappa shape index (κ3) is 7.41. The summed E-state index contributed by atoms with van der Waals surface area (Å²) in [7, 11) is 0. The SMILES string of the molecule is CCCCCCCCC1(CCOCC)OCC=CCO1. The Morgan fingerprint density at radius 1 is 0.900 bits per heavy atom. The molecule has 0 amide bonds. The second-order valence-corrected chi connectivity index (χ2v) is 5.47. The zero-order valence-corrected chi connectivity index (χ0v) is 13.4. The van der Waals surface area contributed by atoms with E-state index in [1.54, 1.807) is 0 Å². The van der Waals surface area contributed by atoms with E-state index in [9.17, 15) is 0 Å². The minimum absolute atomic E-state index is 0.427. The summed E-state index contributed by atoms with van der Waals surface area (Å²) in [6.07, 6.45) is 13.7. The molecule has 0 radical (unpaired) electrons. The number of hydrogen-bond donors (Lipinski definition) is 0. The van der Waals surface area contributed by atoms with Gasteiger partial charge in [0.1, 0.15) is 0 Å². The van der Waals surface area contributed by atoms with Gasteiger partial charge in [0.2, 0.25) is 0 Å². The fraction of sp³-hybridized carbons (Fsp3) is 0.882. The van der Waals surface area contributed by atoms with Crippen molar-refractivity contribution in [3.63, 3.8) is 0 Å². The summed E-state index contributed by atoms with van der Waals surface area (Å²) in [6, 6.07) is 0. The van der Waals surface area contributed by atoms with Crippen molar-refractivity contribution < 1.29 is 14.2 Å². The normalized spacial score (nSPS) is 18.1. The molecular formula is C17H32O3. The van der Waals surface area contributed by atoms with Crippen LogP contribution in [0.3, 0.4) is 0 Å². The summed E-state index contributed by atoms with van der Waals surface area (Å²) >= 11 is 0. The standard InChI is InChI=1S/C17H32O3/c1-3-5-6-7-8-9-12-17(13-16-18-4-2)19-14-10-11-15-20-17/h10-11H,3-9,12-16H2,1-2H3. The highest BCUT2D eigenvalue weighted by Gasteiger charge is 2.31. The Labute approximate surface area is 124 Å². The first-order valence-corrected chi connectivity index (χ1v) is 8.33. The van der Waals surface area contributed by atoms with Crippen molar-refractivity contribution in [2.75, 3.05) is 26.4 Å². The molecule has 0 aliphatic carbocycles. The maximum atomic E-state index is 5.98. The summed E-state index contributed by atoms with van der Waals surface area (Å²) in [4.78, 5) is 0. The molecule has 1 aliphatic heterocycles. The molecule has 0 fully saturated rings. The lowest BCUT2D eigenvalue weighted by molar-refractivity contribution is -0.235. The van der Waals surface area contributed by atoms with Crippen LogP contribution in [0.4, 0.5) is 0 Å². The van der Waals surface area contributed by atoms with Crippen LogP contribution in [0.15, 0.2) is 12.2 Å². The highest BCUT2D eigenvalue weighted by Crippen LogP contribution is 2.27. The van der Waals surface area contributed by atoms with Crippen LogP contribution in [0.2, 0.25) is 0 Å². The maximum absolute atomic E-state index is 5.98. The minimum Gasteiger partial charge on any atom is -0.382 e. The monoisotopic (exact) mass is 284 g/mol. The molecule has 0 aromatic heterocycles. The molecule has 3 heteroatoms. The van der Waals surface area contributed by atoms with Crippen molar-refractivity contribution in [2.45, 2.75) is 71.0 Å². The molecular weight excluding hydrogens is 252 g/mol. The van der Waals surface area contributed by atoms with E-state index < -0.39 is 5.79 Å². The van der Waals surface area contributed by atoms with Gasteiger partial charge in [-0.2, -0.15) is 0 Å². The fourth-order valence-electron chi connectivity index (χ4n) is 2.54. The Hall–Kier alpha value is -0.380. The van der Waals surface area contributed by atoms with Crippen molar-refractivity contribution in [2.24, 2.45) is 0 Å². The van der Waals surface area contributed by atoms with E-state index in [2.05, 4.69) is 6.92 Å². The number of ether oxygens (including phenoxy) is 3. The first kappa shape index (κ1) is 17.7. The summed E-state index contributed by atoms with van der Waals surface area (Å²) in [5.74, 6) is -0.427. The van der Waals surface area contributed by atoms with Crippen LogP contribution in [-0.4, -0.2) is 32.2 Å². The van der Waals surface area contributed by atoms with Gasteiger partial charge in [-0.05, 0) is 13.3 Å².